The van der Waals surface area contributed by atoms with E-state index in [1.165, 1.54) is 18.2 Å². The van der Waals surface area contributed by atoms with Crippen molar-refractivity contribution in [2.75, 3.05) is 12.4 Å². The maximum absolute atomic E-state index is 15.3. The van der Waals surface area contributed by atoms with Gasteiger partial charge in [0.2, 0.25) is 0 Å². The van der Waals surface area contributed by atoms with E-state index in [0.717, 1.165) is 16.8 Å². The highest BCUT2D eigenvalue weighted by molar-refractivity contribution is 5.97. The first-order valence-electron chi connectivity index (χ1n) is 15.2. The van der Waals surface area contributed by atoms with Crippen molar-refractivity contribution in [1.82, 2.24) is 35.5 Å². The zero-order chi connectivity index (χ0) is 34.3. The molecule has 0 radical (unpaired) electrons. The number of H-pyrrole nitrogens is 2. The van der Waals surface area contributed by atoms with Gasteiger partial charge in [-0.1, -0.05) is 54.4 Å². The van der Waals surface area contributed by atoms with Crippen LogP contribution in [0.25, 0.3) is 55.8 Å². The van der Waals surface area contributed by atoms with Crippen LogP contribution in [-0.4, -0.2) is 37.2 Å². The molecule has 47 heavy (non-hydrogen) atoms. The number of hydrogen-bond acceptors (Lipinski definition) is 6. The van der Waals surface area contributed by atoms with Crippen molar-refractivity contribution >= 4 is 27.6 Å². The van der Waals surface area contributed by atoms with Gasteiger partial charge in [0.1, 0.15) is 22.8 Å². The van der Waals surface area contributed by atoms with Crippen LogP contribution in [0.3, 0.4) is 0 Å². The third-order valence-corrected chi connectivity index (χ3v) is 7.14. The quantitative estimate of drug-likeness (QED) is 0.131. The molecule has 0 saturated carbocycles. The van der Waals surface area contributed by atoms with Crippen LogP contribution in [0, 0.1) is 17.0 Å². The van der Waals surface area contributed by atoms with Crippen molar-refractivity contribution in [3.05, 3.63) is 109 Å². The van der Waals surface area contributed by atoms with Crippen LogP contribution in [0.15, 0.2) is 92.2 Å². The first-order valence-corrected chi connectivity index (χ1v) is 15.2. The minimum atomic E-state index is -0.411. The van der Waals surface area contributed by atoms with E-state index in [2.05, 4.69) is 82.0 Å². The third-order valence-electron chi connectivity index (χ3n) is 7.14. The number of aromatic nitrogens is 6. The van der Waals surface area contributed by atoms with Crippen LogP contribution in [0.5, 0.6) is 0 Å². The maximum Gasteiger partial charge on any atom is 0.159 e. The average Bonchev–Trinajstić information content (AvgIpc) is 3.65. The van der Waals surface area contributed by atoms with Crippen molar-refractivity contribution in [1.29, 1.82) is 0 Å². The Balaban J connectivity index is 0.000000947. The minimum absolute atomic E-state index is 0.155. The Hall–Kier alpha value is -5.44. The van der Waals surface area contributed by atoms with Gasteiger partial charge in [0.25, 0.3) is 0 Å². The molecular weight excluding hydrogens is 594 g/mol. The molecule has 4 N–H and O–H groups in total. The number of nitrogens with zero attached hydrogens (tertiary/aromatic N) is 4. The molecule has 4 heterocycles. The molecule has 0 spiro atoms. The molecule has 4 aromatic heterocycles. The lowest BCUT2D eigenvalue weighted by molar-refractivity contribution is 0.509. The van der Waals surface area contributed by atoms with Crippen molar-refractivity contribution in [2.45, 2.75) is 41.2 Å². The lowest BCUT2D eigenvalue weighted by Crippen LogP contribution is -2.15. The van der Waals surface area contributed by atoms with Gasteiger partial charge in [0.15, 0.2) is 5.82 Å². The molecule has 6 rings (SSSR count). The summed E-state index contributed by atoms with van der Waals surface area (Å²) in [4.78, 5) is 17.0. The number of hydrogen-bond donors (Lipinski definition) is 4. The molecule has 0 fully saturated rings. The van der Waals surface area contributed by atoms with E-state index >= 15 is 4.39 Å². The second-order valence-corrected chi connectivity index (χ2v) is 11.5. The van der Waals surface area contributed by atoms with Gasteiger partial charge in [0.05, 0.1) is 28.6 Å². The fraction of sp³-hybridized carbons (Fsp3) is 0.216. The Bertz CT molecular complexity index is 2060. The van der Waals surface area contributed by atoms with Crippen LogP contribution < -0.4 is 10.6 Å². The van der Waals surface area contributed by atoms with Gasteiger partial charge in [-0.2, -0.15) is 5.10 Å². The molecule has 0 amide bonds. The normalized spacial score (nSPS) is 10.9. The molecule has 0 saturated heterocycles. The number of nitrogens with one attached hydrogen (secondary N) is 4. The number of aromatic amines is 2. The Morgan fingerprint density at radius 3 is 2.40 bits per heavy atom. The van der Waals surface area contributed by atoms with Crippen molar-refractivity contribution in [3.8, 4) is 33.9 Å². The summed E-state index contributed by atoms with van der Waals surface area (Å²) in [6.45, 7) is 21.1. The molecule has 0 atom stereocenters. The summed E-state index contributed by atoms with van der Waals surface area (Å²) in [6.07, 6.45) is 4.96. The Morgan fingerprint density at radius 1 is 0.957 bits per heavy atom. The van der Waals surface area contributed by atoms with E-state index in [-0.39, 0.29) is 11.2 Å². The highest BCUT2D eigenvalue weighted by atomic mass is 19.1. The lowest BCUT2D eigenvalue weighted by Gasteiger charge is -2.23. The monoisotopic (exact) mass is 634 g/mol. The highest BCUT2D eigenvalue weighted by Gasteiger charge is 2.20. The molecule has 0 bridgehead atoms. The number of pyridine rings is 2. The molecule has 0 aliphatic rings. The number of imidazole rings is 1. The van der Waals surface area contributed by atoms with Crippen molar-refractivity contribution in [3.63, 3.8) is 0 Å². The van der Waals surface area contributed by atoms with E-state index in [9.17, 15) is 4.39 Å². The van der Waals surface area contributed by atoms with Gasteiger partial charge >= 0.3 is 0 Å². The summed E-state index contributed by atoms with van der Waals surface area (Å²) in [5, 5.41) is 14.4. The Labute approximate surface area is 273 Å². The Morgan fingerprint density at radius 2 is 1.70 bits per heavy atom. The minimum Gasteiger partial charge on any atom is -0.358 e. The second kappa shape index (κ2) is 14.8. The number of fused-ring (bicyclic) bond motifs is 2. The summed E-state index contributed by atoms with van der Waals surface area (Å²) in [5.41, 5.74) is 8.91. The Kier molecular flexibility index (Phi) is 10.8. The zero-order valence-corrected chi connectivity index (χ0v) is 27.6. The van der Waals surface area contributed by atoms with Crippen LogP contribution in [0.2, 0.25) is 0 Å². The number of anilines is 1. The average molecular weight is 635 g/mol. The SMILES string of the molecule is C=C(Nc1cncc(-c2cc3c(-c4nc5c(-c6cc(F)cc(CNC)c6)nccc5[nH]4)n[nH]c3cc2F)c1)C(C)(C)C.C=C=C.CC. The summed E-state index contributed by atoms with van der Waals surface area (Å²) >= 11 is 0. The second-order valence-electron chi connectivity index (χ2n) is 11.5. The van der Waals surface area contributed by atoms with E-state index in [1.807, 2.05) is 33.0 Å². The van der Waals surface area contributed by atoms with Crippen LogP contribution in [-0.2, 0) is 6.54 Å². The van der Waals surface area contributed by atoms with Gasteiger partial charge in [-0.3, -0.25) is 15.1 Å². The predicted molar refractivity (Wildman–Crippen MR) is 189 cm³/mol. The standard InChI is InChI=1S/C32H30F2N8.C3H4.C2H6/c1-17(32(2,3)4)38-22-11-20(15-36-16-22)23-12-24-27(13-25(23)34)41-42-29(24)31-39-26-6-7-37-28(30(26)40-31)19-8-18(14-35-5)9-21(33)10-19;1-3-2;1-2/h6-13,15-16,35,38H,1,14H2,2-5H3,(H,39,40)(H,41,42);1-2H2;1-2H3. The molecule has 2 aromatic carbocycles. The topological polar surface area (TPSA) is 107 Å². The van der Waals surface area contributed by atoms with E-state index in [0.29, 0.717) is 62.6 Å². The van der Waals surface area contributed by atoms with E-state index in [1.54, 1.807) is 30.7 Å². The number of allylic oxidation sites excluding steroid dienone is 1. The lowest BCUT2D eigenvalue weighted by atomic mass is 9.93. The molecule has 242 valence electrons. The van der Waals surface area contributed by atoms with Crippen LogP contribution in [0.1, 0.15) is 40.2 Å². The fourth-order valence-corrected chi connectivity index (χ4v) is 4.81. The maximum atomic E-state index is 15.3. The summed E-state index contributed by atoms with van der Waals surface area (Å²) < 4.78 is 29.8. The van der Waals surface area contributed by atoms with Gasteiger partial charge in [0, 0.05) is 58.2 Å². The van der Waals surface area contributed by atoms with Crippen LogP contribution in [0.4, 0.5) is 14.5 Å². The summed E-state index contributed by atoms with van der Waals surface area (Å²) in [7, 11) is 1.81. The van der Waals surface area contributed by atoms with Crippen molar-refractivity contribution < 1.29 is 8.78 Å². The highest BCUT2D eigenvalue weighted by Crippen LogP contribution is 2.35. The fourth-order valence-electron chi connectivity index (χ4n) is 4.81. The molecule has 10 heteroatoms. The molecular formula is C37H40F2N8. The van der Waals surface area contributed by atoms with E-state index < -0.39 is 5.82 Å². The molecule has 6 aromatic rings. The first kappa shape index (κ1) is 34.4. The van der Waals surface area contributed by atoms with Crippen LogP contribution >= 0.6 is 0 Å². The van der Waals surface area contributed by atoms with Gasteiger partial charge in [-0.25, -0.2) is 13.8 Å². The first-order chi connectivity index (χ1) is 22.5. The molecule has 0 aliphatic heterocycles. The number of rotatable bonds is 7. The third kappa shape index (κ3) is 7.69. The molecule has 0 aliphatic carbocycles. The van der Waals surface area contributed by atoms with Gasteiger partial charge in [-0.05, 0) is 49.0 Å². The number of halogens is 2. The van der Waals surface area contributed by atoms with Crippen molar-refractivity contribution in [2.24, 2.45) is 5.41 Å². The molecule has 8 nitrogen and oxygen atoms in total. The molecule has 0 unspecified atom stereocenters. The van der Waals surface area contributed by atoms with Gasteiger partial charge < -0.3 is 15.6 Å². The zero-order valence-electron chi connectivity index (χ0n) is 27.6. The number of benzene rings is 2. The largest absolute Gasteiger partial charge is 0.358 e. The van der Waals surface area contributed by atoms with E-state index in [4.69, 9.17) is 4.98 Å². The smallest absolute Gasteiger partial charge is 0.159 e. The summed E-state index contributed by atoms with van der Waals surface area (Å²) in [6, 6.07) is 11.6. The summed E-state index contributed by atoms with van der Waals surface area (Å²) in [5.74, 6) is -0.285. The van der Waals surface area contributed by atoms with Gasteiger partial charge in [-0.15, -0.1) is 5.73 Å². The predicted octanol–water partition coefficient (Wildman–Crippen LogP) is 9.18.